The van der Waals surface area contributed by atoms with E-state index in [9.17, 15) is 24.6 Å². The van der Waals surface area contributed by atoms with Gasteiger partial charge in [0.15, 0.2) is 0 Å². The maximum atomic E-state index is 13.8. The van der Waals surface area contributed by atoms with E-state index in [2.05, 4.69) is 73.2 Å². The lowest BCUT2D eigenvalue weighted by Gasteiger charge is -2.38. The second-order valence-electron chi connectivity index (χ2n) is 21.4. The van der Waals surface area contributed by atoms with Gasteiger partial charge in [-0.15, -0.1) is 11.3 Å². The summed E-state index contributed by atoms with van der Waals surface area (Å²) >= 11 is 1.58. The normalized spacial score (nSPS) is 19.2. The number of piperazine rings is 1. The number of β-amino-alcohol motifs (C(OH)–C–C–N with tert-alkyl or cyclic N) is 1. The van der Waals surface area contributed by atoms with Gasteiger partial charge in [-0.3, -0.25) is 24.6 Å². The molecule has 3 aromatic heterocycles. The Hall–Kier alpha value is -6.97. The molecule has 3 fully saturated rings. The van der Waals surface area contributed by atoms with Gasteiger partial charge < -0.3 is 49.0 Å². The van der Waals surface area contributed by atoms with Gasteiger partial charge in [-0.1, -0.05) is 55.1 Å². The lowest BCUT2D eigenvalue weighted by molar-refractivity contribution is -0.133. The number of benzene rings is 3. The van der Waals surface area contributed by atoms with Crippen molar-refractivity contribution in [2.75, 3.05) is 81.9 Å². The van der Waals surface area contributed by atoms with Crippen molar-refractivity contribution in [2.24, 2.45) is 5.92 Å². The van der Waals surface area contributed by atoms with Crippen LogP contribution >= 0.6 is 11.3 Å². The molecule has 79 heavy (non-hydrogen) atoms. The number of amides is 3. The number of rotatable bonds is 20. The molecule has 1 unspecified atom stereocenters. The van der Waals surface area contributed by atoms with E-state index in [1.807, 2.05) is 48.5 Å². The summed E-state index contributed by atoms with van der Waals surface area (Å²) in [5, 5.41) is 32.3. The quantitative estimate of drug-likeness (QED) is 0.0473. The summed E-state index contributed by atoms with van der Waals surface area (Å²) in [4.78, 5) is 63.7. The van der Waals surface area contributed by atoms with Crippen molar-refractivity contribution in [3.63, 3.8) is 0 Å². The molecule has 6 aromatic rings. The molecule has 418 valence electrons. The van der Waals surface area contributed by atoms with Gasteiger partial charge in [0.2, 0.25) is 17.7 Å². The van der Waals surface area contributed by atoms with Crippen LogP contribution in [0.4, 0.5) is 11.5 Å². The maximum Gasteiger partial charge on any atom is 0.318 e. The third kappa shape index (κ3) is 13.2. The van der Waals surface area contributed by atoms with Crippen LogP contribution in [0.15, 0.2) is 83.4 Å². The smallest absolute Gasteiger partial charge is 0.318 e. The van der Waals surface area contributed by atoms with Crippen LogP contribution in [0.3, 0.4) is 0 Å². The Balaban J connectivity index is 0.745. The molecular weight excluding hydrogens is 1020 g/mol. The first-order valence-corrected chi connectivity index (χ1v) is 28.5. The van der Waals surface area contributed by atoms with Crippen molar-refractivity contribution in [3.8, 4) is 28.0 Å². The van der Waals surface area contributed by atoms with Crippen LogP contribution in [-0.4, -0.2) is 154 Å². The van der Waals surface area contributed by atoms with Crippen LogP contribution in [0.5, 0.6) is 17.5 Å². The Morgan fingerprint density at radius 1 is 0.975 bits per heavy atom. The number of nitrogens with one attached hydrogen (secondary N) is 2. The highest BCUT2D eigenvalue weighted by atomic mass is 32.1. The van der Waals surface area contributed by atoms with Gasteiger partial charge in [-0.2, -0.15) is 9.97 Å². The first kappa shape index (κ1) is 55.3. The molecule has 0 bridgehead atoms. The molecule has 4 aliphatic heterocycles. The van der Waals surface area contributed by atoms with Crippen LogP contribution in [0.25, 0.3) is 21.2 Å². The predicted molar refractivity (Wildman–Crippen MR) is 302 cm³/mol. The fourth-order valence-electron chi connectivity index (χ4n) is 11.5. The number of piperidine rings is 1. The zero-order chi connectivity index (χ0) is 55.2. The lowest BCUT2D eigenvalue weighted by Crippen LogP contribution is -2.49. The number of phenolic OH excluding ortho intramolecular Hbond substituents is 1. The molecule has 20 heteroatoms. The lowest BCUT2D eigenvalue weighted by atomic mass is 9.85. The van der Waals surface area contributed by atoms with Crippen LogP contribution in [0, 0.1) is 19.8 Å². The summed E-state index contributed by atoms with van der Waals surface area (Å²) in [5.74, 6) is 0.187. The molecule has 10 rings (SSSR count). The molecule has 4 N–H and O–H groups in total. The number of aromatic hydroxyl groups is 1. The van der Waals surface area contributed by atoms with Crippen molar-refractivity contribution >= 4 is 51.3 Å². The average molecular weight is 1100 g/mol. The zero-order valence-electron chi connectivity index (χ0n) is 45.6. The minimum absolute atomic E-state index is 0.0674. The van der Waals surface area contributed by atoms with Crippen molar-refractivity contribution in [2.45, 2.75) is 103 Å². The van der Waals surface area contributed by atoms with Gasteiger partial charge in [0.1, 0.15) is 41.7 Å². The van der Waals surface area contributed by atoms with E-state index in [1.54, 1.807) is 30.4 Å². The summed E-state index contributed by atoms with van der Waals surface area (Å²) < 4.78 is 25.2. The Morgan fingerprint density at radius 2 is 1.78 bits per heavy atom. The summed E-state index contributed by atoms with van der Waals surface area (Å²) in [6.45, 7) is 18.6. The highest BCUT2D eigenvalue weighted by molar-refractivity contribution is 7.13. The molecule has 0 spiro atoms. The number of carbonyl (C=O) groups excluding carboxylic acids is 3. The predicted octanol–water partition coefficient (Wildman–Crippen LogP) is 6.51. The van der Waals surface area contributed by atoms with Crippen LogP contribution < -0.4 is 29.9 Å². The number of aryl methyl sites for hydroxylation is 3. The topological polar surface area (TPSA) is 221 Å². The number of phenols is 1. The van der Waals surface area contributed by atoms with Crippen molar-refractivity contribution in [3.05, 3.63) is 113 Å². The van der Waals surface area contributed by atoms with Crippen molar-refractivity contribution < 1.29 is 43.3 Å². The molecule has 3 aromatic carbocycles. The van der Waals surface area contributed by atoms with E-state index in [0.29, 0.717) is 95.8 Å². The van der Waals surface area contributed by atoms with Crippen LogP contribution in [-0.2, 0) is 38.5 Å². The van der Waals surface area contributed by atoms with E-state index < -0.39 is 29.9 Å². The molecule has 5 atom stereocenters. The zero-order valence-corrected chi connectivity index (χ0v) is 46.4. The minimum atomic E-state index is -0.769. The van der Waals surface area contributed by atoms with Gasteiger partial charge >= 0.3 is 6.01 Å². The number of aliphatic hydroxyl groups excluding tert-OH is 1. The standard InChI is InChI=1S/C59H72N10O9S/c1-6-53(72)67-21-23-68(24-22-67)56-47-17-20-69(50-31-43(70)28-41-9-7-8-10-46(41)50)34-49(47)62-59(63-56)77-38(4)33-66-18-15-45(16-19-66)75-25-26-76-51-29-42(55-39(5)61-35-79-55)14-13-40(51)12-11-36(2)54(52-27-37(3)65-78-52)58(74)64-57(73)48-30-44(71)32-60-48/h6-10,13-14,27-29,31,35-36,38,44-45,48,54,60,70-71H,1,11-12,15-26,30,32-34H2,2-5H3,(H,64,73,74)/t36?,38-,44-,48+,54-/m1/s1. The van der Waals surface area contributed by atoms with Crippen LogP contribution in [0.1, 0.15) is 79.4 Å². The third-order valence-corrected chi connectivity index (χ3v) is 16.7. The van der Waals surface area contributed by atoms with E-state index in [-0.39, 0.29) is 36.2 Å². The number of aliphatic hydroxyl groups is 1. The second kappa shape index (κ2) is 25.0. The number of thiazole rings is 1. The van der Waals surface area contributed by atoms with Gasteiger partial charge in [-0.05, 0) is 99.9 Å². The summed E-state index contributed by atoms with van der Waals surface area (Å²) in [7, 11) is 0. The molecule has 0 aliphatic carbocycles. The monoisotopic (exact) mass is 1100 g/mol. The molecular formula is C59H72N10O9S. The first-order chi connectivity index (χ1) is 38.3. The number of anilines is 2. The fraction of sp³-hybridized carbons (Fsp3) is 0.475. The average Bonchev–Trinajstić information content (AvgIpc) is 4.28. The van der Waals surface area contributed by atoms with E-state index in [1.165, 1.54) is 6.08 Å². The summed E-state index contributed by atoms with van der Waals surface area (Å²) in [6, 6.07) is 19.4. The molecule has 19 nitrogen and oxygen atoms in total. The third-order valence-electron chi connectivity index (χ3n) is 15.7. The second-order valence-corrected chi connectivity index (χ2v) is 22.3. The van der Waals surface area contributed by atoms with Gasteiger partial charge in [0.05, 0.1) is 58.9 Å². The highest BCUT2D eigenvalue weighted by Crippen LogP contribution is 2.38. The Labute approximate surface area is 464 Å². The number of aromatic nitrogens is 4. The Bertz CT molecular complexity index is 3130. The largest absolute Gasteiger partial charge is 0.508 e. The minimum Gasteiger partial charge on any atom is -0.508 e. The highest BCUT2D eigenvalue weighted by Gasteiger charge is 2.36. The van der Waals surface area contributed by atoms with Gasteiger partial charge in [-0.25, -0.2) is 4.98 Å². The number of hydrogen-bond donors (Lipinski definition) is 4. The molecule has 0 saturated carbocycles. The summed E-state index contributed by atoms with van der Waals surface area (Å²) in [6.07, 6.45) is 4.45. The first-order valence-electron chi connectivity index (χ1n) is 27.7. The number of hydrogen-bond acceptors (Lipinski definition) is 18. The molecule has 0 radical (unpaired) electrons. The molecule has 3 saturated heterocycles. The van der Waals surface area contributed by atoms with Gasteiger partial charge in [0, 0.05) is 87.7 Å². The molecule has 7 heterocycles. The molecule has 4 aliphatic rings. The number of nitrogens with zero attached hydrogens (tertiary/aromatic N) is 8. The van der Waals surface area contributed by atoms with Crippen molar-refractivity contribution in [1.29, 1.82) is 0 Å². The number of ether oxygens (including phenoxy) is 3. The number of carbonyl (C=O) groups is 3. The number of imide groups is 1. The van der Waals surface area contributed by atoms with Gasteiger partial charge in [0.25, 0.3) is 0 Å². The van der Waals surface area contributed by atoms with Crippen molar-refractivity contribution in [1.82, 2.24) is 40.5 Å². The SMILES string of the molecule is C=CC(=O)N1CCN(c2nc(O[C@H](C)CN3CCC(OCCOc4cc(-c5scnc5C)ccc4CCC(C)[C@@H](C(=O)NC(=O)[C@@H]4C[C@@H](O)CN4)c4cc(C)no4)CC3)nc3c2CCN(c2cc(O)cc4ccccc24)C3)CC1. The molecule has 3 amide bonds. The van der Waals surface area contributed by atoms with E-state index in [4.69, 9.17) is 28.7 Å². The Kier molecular flexibility index (Phi) is 17.5. The number of fused-ring (bicyclic) bond motifs is 2. The van der Waals surface area contributed by atoms with E-state index in [0.717, 1.165) is 93.5 Å². The summed E-state index contributed by atoms with van der Waals surface area (Å²) in [5.41, 5.74) is 8.36. The number of likely N-dealkylation sites (tertiary alicyclic amines) is 1. The van der Waals surface area contributed by atoms with E-state index >= 15 is 0 Å². The van der Waals surface area contributed by atoms with Crippen LogP contribution in [0.2, 0.25) is 0 Å². The Morgan fingerprint density at radius 3 is 2.52 bits per heavy atom. The fourth-order valence-corrected chi connectivity index (χ4v) is 12.3. The maximum absolute atomic E-state index is 13.8.